The van der Waals surface area contributed by atoms with Crippen molar-refractivity contribution < 1.29 is 8.83 Å². The van der Waals surface area contributed by atoms with E-state index in [0.29, 0.717) is 17.5 Å². The van der Waals surface area contributed by atoms with Gasteiger partial charge in [-0.15, -0.1) is 0 Å². The molecule has 0 fully saturated rings. The molecule has 0 atom stereocenters. The molecule has 0 spiro atoms. The van der Waals surface area contributed by atoms with Crippen molar-refractivity contribution in [2.75, 3.05) is 0 Å². The molecule has 0 saturated carbocycles. The van der Waals surface area contributed by atoms with E-state index in [9.17, 15) is 0 Å². The Kier molecular flexibility index (Phi) is 5.02. The minimum Gasteiger partial charge on any atom is -0.456 e. The van der Waals surface area contributed by atoms with E-state index in [4.69, 9.17) is 23.8 Å². The first kappa shape index (κ1) is 25.5. The summed E-state index contributed by atoms with van der Waals surface area (Å²) in [5.74, 6) is 1.72. The average molecular weight is 615 g/mol. The molecule has 4 aromatic heterocycles. The molecule has 0 N–H and O–H groups in total. The first-order valence-corrected chi connectivity index (χ1v) is 15.9. The average Bonchev–Trinajstić information content (AvgIpc) is 3.82. The lowest BCUT2D eigenvalue weighted by Crippen LogP contribution is -2.01. The van der Waals surface area contributed by atoms with E-state index in [-0.39, 0.29) is 0 Å². The number of fused-ring (bicyclic) bond motifs is 9. The number of aromatic nitrogens is 4. The normalized spacial score (nSPS) is 12.2. The van der Waals surface area contributed by atoms with Crippen molar-refractivity contribution in [1.82, 2.24) is 19.9 Å². The predicted octanol–water partition coefficient (Wildman–Crippen LogP) is 10.9. The molecule has 0 unspecified atom stereocenters. The minimum atomic E-state index is 0.558. The van der Waals surface area contributed by atoms with Crippen LogP contribution in [0.1, 0.15) is 0 Å². The van der Waals surface area contributed by atoms with Crippen LogP contribution in [0.5, 0.6) is 0 Å². The molecule has 1 aliphatic carbocycles. The molecule has 1 aliphatic rings. The second kappa shape index (κ2) is 9.44. The number of furan rings is 2. The van der Waals surface area contributed by atoms with Crippen LogP contribution in [0.3, 0.4) is 0 Å². The number of pyridine rings is 1. The van der Waals surface area contributed by atoms with Crippen LogP contribution in [-0.2, 0) is 0 Å². The maximum absolute atomic E-state index is 6.27. The van der Waals surface area contributed by atoms with Gasteiger partial charge in [-0.05, 0) is 69.4 Å². The van der Waals surface area contributed by atoms with E-state index in [1.807, 2.05) is 60.8 Å². The van der Waals surface area contributed by atoms with Crippen LogP contribution >= 0.6 is 0 Å². The molecule has 222 valence electrons. The van der Waals surface area contributed by atoms with Crippen molar-refractivity contribution in [3.8, 4) is 56.4 Å². The van der Waals surface area contributed by atoms with Crippen LogP contribution in [0.4, 0.5) is 0 Å². The van der Waals surface area contributed by atoms with Gasteiger partial charge in [0.15, 0.2) is 17.5 Å². The van der Waals surface area contributed by atoms with Crippen molar-refractivity contribution in [3.05, 3.63) is 134 Å². The molecule has 0 amide bonds. The van der Waals surface area contributed by atoms with Crippen LogP contribution in [0.25, 0.3) is 111 Å². The highest BCUT2D eigenvalue weighted by Crippen LogP contribution is 2.48. The third-order valence-corrected chi connectivity index (χ3v) is 9.56. The van der Waals surface area contributed by atoms with E-state index >= 15 is 0 Å². The number of nitrogens with zero attached hydrogens (tertiary/aromatic N) is 4. The lowest BCUT2D eigenvalue weighted by atomic mass is 9.99. The Morgan fingerprint density at radius 2 is 0.979 bits per heavy atom. The summed E-state index contributed by atoms with van der Waals surface area (Å²) in [5.41, 5.74) is 10.7. The predicted molar refractivity (Wildman–Crippen MR) is 190 cm³/mol. The van der Waals surface area contributed by atoms with E-state index in [1.54, 1.807) is 6.20 Å². The molecule has 6 nitrogen and oxygen atoms in total. The standard InChI is InChI=1S/C42H22N4O2/c1-2-10-26-25(9-1)27-12-5-8-23-20-24(21-31(26)37(23)27)40-44-41(29-13-6-16-35-38(29)28-11-3-4-15-33(28)47-35)46-42(45-40)30-14-7-17-36-39(30)32-22-43-19-18-34(32)48-36/h1-22H. The van der Waals surface area contributed by atoms with Crippen LogP contribution in [0.15, 0.2) is 143 Å². The summed E-state index contributed by atoms with van der Waals surface area (Å²) in [4.78, 5) is 20.0. The maximum Gasteiger partial charge on any atom is 0.164 e. The highest BCUT2D eigenvalue weighted by atomic mass is 16.3. The lowest BCUT2D eigenvalue weighted by Gasteiger charge is -2.11. The highest BCUT2D eigenvalue weighted by Gasteiger charge is 2.24. The molecule has 0 aliphatic heterocycles. The third-order valence-electron chi connectivity index (χ3n) is 9.56. The fourth-order valence-corrected chi connectivity index (χ4v) is 7.51. The topological polar surface area (TPSA) is 77.8 Å². The second-order valence-electron chi connectivity index (χ2n) is 12.2. The zero-order valence-electron chi connectivity index (χ0n) is 25.3. The van der Waals surface area contributed by atoms with Gasteiger partial charge in [-0.2, -0.15) is 0 Å². The summed E-state index contributed by atoms with van der Waals surface area (Å²) < 4.78 is 12.5. The molecular weight excluding hydrogens is 592 g/mol. The molecule has 0 saturated heterocycles. The molecule has 10 aromatic rings. The Labute approximate surface area is 273 Å². The fourth-order valence-electron chi connectivity index (χ4n) is 7.51. The number of hydrogen-bond acceptors (Lipinski definition) is 6. The first-order valence-electron chi connectivity index (χ1n) is 15.9. The summed E-state index contributed by atoms with van der Waals surface area (Å²) in [7, 11) is 0. The smallest absolute Gasteiger partial charge is 0.164 e. The van der Waals surface area contributed by atoms with Crippen molar-refractivity contribution in [1.29, 1.82) is 0 Å². The van der Waals surface area contributed by atoms with Crippen molar-refractivity contribution in [2.24, 2.45) is 0 Å². The van der Waals surface area contributed by atoms with E-state index < -0.39 is 0 Å². The Morgan fingerprint density at radius 3 is 1.77 bits per heavy atom. The van der Waals surface area contributed by atoms with E-state index in [1.165, 1.54) is 27.6 Å². The zero-order chi connectivity index (χ0) is 31.3. The summed E-state index contributed by atoms with van der Waals surface area (Å²) in [6, 6.07) is 41.6. The maximum atomic E-state index is 6.27. The van der Waals surface area contributed by atoms with E-state index in [2.05, 4.69) is 71.7 Å². The summed E-state index contributed by atoms with van der Waals surface area (Å²) >= 11 is 0. The van der Waals surface area contributed by atoms with Crippen molar-refractivity contribution >= 4 is 54.6 Å². The molecule has 48 heavy (non-hydrogen) atoms. The Balaban J connectivity index is 1.23. The molecule has 6 aromatic carbocycles. The van der Waals surface area contributed by atoms with Gasteiger partial charge in [0, 0.05) is 50.6 Å². The zero-order valence-corrected chi connectivity index (χ0v) is 25.3. The second-order valence-corrected chi connectivity index (χ2v) is 12.2. The highest BCUT2D eigenvalue weighted by molar-refractivity contribution is 6.17. The summed E-state index contributed by atoms with van der Waals surface area (Å²) in [6.45, 7) is 0. The quantitative estimate of drug-likeness (QED) is 0.197. The first-order chi connectivity index (χ1) is 23.8. The van der Waals surface area contributed by atoms with Gasteiger partial charge >= 0.3 is 0 Å². The summed E-state index contributed by atoms with van der Waals surface area (Å²) in [6.07, 6.45) is 3.58. The molecule has 0 bridgehead atoms. The molecular formula is C42H22N4O2. The number of rotatable bonds is 3. The third kappa shape index (κ3) is 3.51. The molecule has 6 heteroatoms. The number of para-hydroxylation sites is 1. The van der Waals surface area contributed by atoms with Crippen LogP contribution < -0.4 is 0 Å². The van der Waals surface area contributed by atoms with Crippen molar-refractivity contribution in [2.45, 2.75) is 0 Å². The number of benzene rings is 6. The summed E-state index contributed by atoms with van der Waals surface area (Å²) in [5, 5.41) is 6.24. The van der Waals surface area contributed by atoms with E-state index in [0.717, 1.165) is 66.0 Å². The number of hydrogen-bond donors (Lipinski definition) is 0. The Morgan fingerprint density at radius 1 is 0.396 bits per heavy atom. The van der Waals surface area contributed by atoms with Gasteiger partial charge < -0.3 is 8.83 Å². The van der Waals surface area contributed by atoms with Gasteiger partial charge in [-0.25, -0.2) is 15.0 Å². The van der Waals surface area contributed by atoms with Crippen molar-refractivity contribution in [3.63, 3.8) is 0 Å². The monoisotopic (exact) mass is 614 g/mol. The van der Waals surface area contributed by atoms with Gasteiger partial charge in [0.25, 0.3) is 0 Å². The molecule has 11 rings (SSSR count). The van der Waals surface area contributed by atoms with Crippen LogP contribution in [0, 0.1) is 0 Å². The minimum absolute atomic E-state index is 0.558. The van der Waals surface area contributed by atoms with Crippen LogP contribution in [0.2, 0.25) is 0 Å². The molecule has 4 heterocycles. The Bertz CT molecular complexity index is 2840. The SMILES string of the molecule is c1ccc2c(c1)-c1cccc3cc(-c4nc(-c5cccc6oc7ccccc7c56)nc(-c5cccc6oc7ccncc7c56)n4)cc-2c13. The Hall–Kier alpha value is -6.66. The largest absolute Gasteiger partial charge is 0.456 e. The van der Waals surface area contributed by atoms with Gasteiger partial charge in [-0.1, -0.05) is 84.9 Å². The molecule has 0 radical (unpaired) electrons. The van der Waals surface area contributed by atoms with Gasteiger partial charge in [-0.3, -0.25) is 4.98 Å². The van der Waals surface area contributed by atoms with Gasteiger partial charge in [0.2, 0.25) is 0 Å². The fraction of sp³-hybridized carbons (Fsp3) is 0. The van der Waals surface area contributed by atoms with Gasteiger partial charge in [0.1, 0.15) is 22.3 Å². The lowest BCUT2D eigenvalue weighted by molar-refractivity contribution is 0.668. The van der Waals surface area contributed by atoms with Gasteiger partial charge in [0.05, 0.1) is 0 Å². The van der Waals surface area contributed by atoms with Crippen LogP contribution in [-0.4, -0.2) is 19.9 Å².